The van der Waals surface area contributed by atoms with E-state index >= 15 is 0 Å². The lowest BCUT2D eigenvalue weighted by Crippen LogP contribution is -2.18. The lowest BCUT2D eigenvalue weighted by Gasteiger charge is -2.11. The van der Waals surface area contributed by atoms with E-state index in [9.17, 15) is 5.11 Å². The second-order valence-electron chi connectivity index (χ2n) is 4.31. The van der Waals surface area contributed by atoms with Crippen molar-refractivity contribution >= 4 is 27.4 Å². The van der Waals surface area contributed by atoms with Crippen molar-refractivity contribution < 1.29 is 9.84 Å². The summed E-state index contributed by atoms with van der Waals surface area (Å²) in [6, 6.07) is 2.02. The molecule has 104 valence electrons. The molecule has 2 aromatic heterocycles. The normalized spacial score (nSPS) is 12.8. The van der Waals surface area contributed by atoms with E-state index in [0.29, 0.717) is 19.6 Å². The van der Waals surface area contributed by atoms with Crippen molar-refractivity contribution in [1.82, 2.24) is 9.97 Å². The molecule has 0 aliphatic carbocycles. The van der Waals surface area contributed by atoms with Gasteiger partial charge in [-0.15, -0.1) is 11.3 Å². The second-order valence-corrected chi connectivity index (χ2v) is 5.20. The van der Waals surface area contributed by atoms with Crippen LogP contribution in [0.3, 0.4) is 0 Å². The topological polar surface area (TPSA) is 67.3 Å². The highest BCUT2D eigenvalue weighted by atomic mass is 32.1. The summed E-state index contributed by atoms with van der Waals surface area (Å²) >= 11 is 1.62. The van der Waals surface area contributed by atoms with E-state index in [4.69, 9.17) is 4.74 Å². The van der Waals surface area contributed by atoms with Gasteiger partial charge in [-0.1, -0.05) is 6.92 Å². The Morgan fingerprint density at radius 2 is 2.32 bits per heavy atom. The molecular weight excluding hydrogens is 262 g/mol. The molecule has 2 heterocycles. The molecule has 0 saturated carbocycles. The van der Waals surface area contributed by atoms with Gasteiger partial charge in [0.15, 0.2) is 0 Å². The first-order valence-electron chi connectivity index (χ1n) is 6.39. The van der Waals surface area contributed by atoms with Crippen LogP contribution in [0.2, 0.25) is 0 Å². The average molecular weight is 281 g/mol. The fourth-order valence-corrected chi connectivity index (χ4v) is 2.61. The third-order valence-electron chi connectivity index (χ3n) is 2.82. The number of thiophene rings is 1. The van der Waals surface area contributed by atoms with Crippen molar-refractivity contribution in [3.05, 3.63) is 17.3 Å². The summed E-state index contributed by atoms with van der Waals surface area (Å²) in [4.78, 5) is 10.00. The van der Waals surface area contributed by atoms with Gasteiger partial charge in [-0.05, 0) is 17.9 Å². The van der Waals surface area contributed by atoms with Crippen LogP contribution in [0.4, 0.5) is 5.82 Å². The molecule has 0 aliphatic heterocycles. The molecular formula is C13H19N3O2S. The highest BCUT2D eigenvalue weighted by molar-refractivity contribution is 7.16. The van der Waals surface area contributed by atoms with Crippen LogP contribution in [-0.2, 0) is 11.2 Å². The van der Waals surface area contributed by atoms with Crippen LogP contribution in [0.15, 0.2) is 11.4 Å². The first kappa shape index (κ1) is 14.2. The zero-order chi connectivity index (χ0) is 13.7. The zero-order valence-corrected chi connectivity index (χ0v) is 12.0. The van der Waals surface area contributed by atoms with E-state index in [0.717, 1.165) is 28.3 Å². The van der Waals surface area contributed by atoms with Crippen LogP contribution >= 0.6 is 11.3 Å². The minimum atomic E-state index is -0.442. The van der Waals surface area contributed by atoms with E-state index in [-0.39, 0.29) is 0 Å². The smallest absolute Gasteiger partial charge is 0.138 e. The fourth-order valence-electron chi connectivity index (χ4n) is 1.83. The van der Waals surface area contributed by atoms with Gasteiger partial charge in [0.25, 0.3) is 0 Å². The van der Waals surface area contributed by atoms with Crippen molar-refractivity contribution in [3.63, 3.8) is 0 Å². The Hall–Kier alpha value is -1.24. The molecule has 6 heteroatoms. The maximum Gasteiger partial charge on any atom is 0.138 e. The average Bonchev–Trinajstić information content (AvgIpc) is 2.87. The van der Waals surface area contributed by atoms with Crippen LogP contribution in [0.25, 0.3) is 10.2 Å². The number of aryl methyl sites for hydroxylation is 1. The first-order chi connectivity index (χ1) is 9.24. The number of fused-ring (bicyclic) bond motifs is 1. The number of aliphatic hydroxyl groups is 1. The SMILES string of the molecule is CCc1nc(NCCC(O)COC)c2ccsc2n1. The molecule has 19 heavy (non-hydrogen) atoms. The standard InChI is InChI=1S/C13H19N3O2S/c1-3-11-15-12(10-5-7-19-13(10)16-11)14-6-4-9(17)8-18-2/h5,7,9,17H,3-4,6,8H2,1-2H3,(H,14,15,16). The molecule has 0 spiro atoms. The number of aliphatic hydroxyl groups excluding tert-OH is 1. The summed E-state index contributed by atoms with van der Waals surface area (Å²) in [5.74, 6) is 1.70. The number of hydrogen-bond acceptors (Lipinski definition) is 6. The van der Waals surface area contributed by atoms with Gasteiger partial charge in [0, 0.05) is 20.1 Å². The van der Waals surface area contributed by atoms with Crippen LogP contribution in [-0.4, -0.2) is 41.4 Å². The molecule has 0 bridgehead atoms. The van der Waals surface area contributed by atoms with Gasteiger partial charge in [-0.2, -0.15) is 0 Å². The van der Waals surface area contributed by atoms with E-state index in [1.807, 2.05) is 18.4 Å². The quantitative estimate of drug-likeness (QED) is 0.813. The maximum absolute atomic E-state index is 9.61. The number of anilines is 1. The number of rotatable bonds is 7. The van der Waals surface area contributed by atoms with Gasteiger partial charge in [0.2, 0.25) is 0 Å². The van der Waals surface area contributed by atoms with Gasteiger partial charge in [-0.25, -0.2) is 9.97 Å². The Bertz CT molecular complexity index is 530. The lowest BCUT2D eigenvalue weighted by molar-refractivity contribution is 0.0615. The van der Waals surface area contributed by atoms with Crippen molar-refractivity contribution in [2.24, 2.45) is 0 Å². The molecule has 0 radical (unpaired) electrons. The van der Waals surface area contributed by atoms with Gasteiger partial charge < -0.3 is 15.2 Å². The third kappa shape index (κ3) is 3.62. The first-order valence-corrected chi connectivity index (χ1v) is 7.27. The highest BCUT2D eigenvalue weighted by Gasteiger charge is 2.09. The Labute approximate surface area is 116 Å². The minimum absolute atomic E-state index is 0.361. The molecule has 0 amide bonds. The van der Waals surface area contributed by atoms with Crippen LogP contribution in [0, 0.1) is 0 Å². The van der Waals surface area contributed by atoms with Crippen LogP contribution < -0.4 is 5.32 Å². The third-order valence-corrected chi connectivity index (χ3v) is 3.62. The van der Waals surface area contributed by atoms with Gasteiger partial charge >= 0.3 is 0 Å². The molecule has 0 aliphatic rings. The van der Waals surface area contributed by atoms with Crippen molar-refractivity contribution in [2.45, 2.75) is 25.9 Å². The number of aromatic nitrogens is 2. The van der Waals surface area contributed by atoms with E-state index in [1.165, 1.54) is 0 Å². The minimum Gasteiger partial charge on any atom is -0.391 e. The molecule has 1 atom stereocenters. The molecule has 5 nitrogen and oxygen atoms in total. The van der Waals surface area contributed by atoms with Crippen LogP contribution in [0.1, 0.15) is 19.2 Å². The summed E-state index contributed by atoms with van der Waals surface area (Å²) in [5, 5.41) is 15.9. The molecule has 2 N–H and O–H groups in total. The van der Waals surface area contributed by atoms with Gasteiger partial charge in [-0.3, -0.25) is 0 Å². The summed E-state index contributed by atoms with van der Waals surface area (Å²) in [6.07, 6.45) is 1.00. The van der Waals surface area contributed by atoms with E-state index in [2.05, 4.69) is 15.3 Å². The van der Waals surface area contributed by atoms with E-state index in [1.54, 1.807) is 18.4 Å². The number of nitrogens with one attached hydrogen (secondary N) is 1. The number of hydrogen-bond donors (Lipinski definition) is 2. The molecule has 0 fully saturated rings. The molecule has 0 aromatic carbocycles. The molecule has 2 rings (SSSR count). The van der Waals surface area contributed by atoms with Crippen LogP contribution in [0.5, 0.6) is 0 Å². The number of methoxy groups -OCH3 is 1. The fraction of sp³-hybridized carbons (Fsp3) is 0.538. The lowest BCUT2D eigenvalue weighted by atomic mass is 10.2. The predicted molar refractivity (Wildman–Crippen MR) is 77.8 cm³/mol. The summed E-state index contributed by atoms with van der Waals surface area (Å²) in [7, 11) is 1.59. The van der Waals surface area contributed by atoms with Gasteiger partial charge in [0.1, 0.15) is 16.5 Å². The number of nitrogens with zero attached hydrogens (tertiary/aromatic N) is 2. The monoisotopic (exact) mass is 281 g/mol. The largest absolute Gasteiger partial charge is 0.391 e. The van der Waals surface area contributed by atoms with E-state index < -0.39 is 6.10 Å². The van der Waals surface area contributed by atoms with Crippen molar-refractivity contribution in [2.75, 3.05) is 25.6 Å². The van der Waals surface area contributed by atoms with Crippen molar-refractivity contribution in [3.8, 4) is 0 Å². The Kier molecular flexibility index (Phi) is 5.07. The summed E-state index contributed by atoms with van der Waals surface area (Å²) in [5.41, 5.74) is 0. The second kappa shape index (κ2) is 6.79. The maximum atomic E-state index is 9.61. The number of ether oxygens (including phenoxy) is 1. The highest BCUT2D eigenvalue weighted by Crippen LogP contribution is 2.25. The Morgan fingerprint density at radius 3 is 3.05 bits per heavy atom. The Balaban J connectivity index is 2.04. The molecule has 0 saturated heterocycles. The predicted octanol–water partition coefficient (Wildman–Crippen LogP) is 2.06. The summed E-state index contributed by atoms with van der Waals surface area (Å²) < 4.78 is 4.90. The molecule has 2 aromatic rings. The molecule has 1 unspecified atom stereocenters. The van der Waals surface area contributed by atoms with Gasteiger partial charge in [0.05, 0.1) is 18.1 Å². The Morgan fingerprint density at radius 1 is 1.47 bits per heavy atom. The summed E-state index contributed by atoms with van der Waals surface area (Å²) in [6.45, 7) is 3.07. The van der Waals surface area contributed by atoms with Crippen molar-refractivity contribution in [1.29, 1.82) is 0 Å². The zero-order valence-electron chi connectivity index (χ0n) is 11.2.